The third-order valence-electron chi connectivity index (χ3n) is 2.05. The SMILES string of the molecule is CCOc1ccc(NCCCS(C)(=O)=O)cn1. The molecule has 0 atom stereocenters. The van der Waals surface area contributed by atoms with Gasteiger partial charge in [-0.3, -0.25) is 0 Å². The van der Waals surface area contributed by atoms with Crippen molar-refractivity contribution in [3.8, 4) is 5.88 Å². The van der Waals surface area contributed by atoms with Gasteiger partial charge in [-0.15, -0.1) is 0 Å². The molecule has 0 bridgehead atoms. The molecule has 0 aromatic carbocycles. The zero-order valence-corrected chi connectivity index (χ0v) is 11.0. The Kier molecular flexibility index (Phi) is 5.21. The molecule has 0 saturated carbocycles. The molecule has 0 aliphatic rings. The maximum atomic E-state index is 10.9. The molecular formula is C11H18N2O3S. The standard InChI is InChI=1S/C11H18N2O3S/c1-3-16-11-6-5-10(9-13-11)12-7-4-8-17(2,14)15/h5-6,9,12H,3-4,7-8H2,1-2H3. The van der Waals surface area contributed by atoms with Gasteiger partial charge in [0.1, 0.15) is 9.84 Å². The summed E-state index contributed by atoms with van der Waals surface area (Å²) >= 11 is 0. The van der Waals surface area contributed by atoms with E-state index >= 15 is 0 Å². The second-order valence-electron chi connectivity index (χ2n) is 3.73. The number of anilines is 1. The third kappa shape index (κ3) is 6.11. The predicted molar refractivity (Wildman–Crippen MR) is 68.2 cm³/mol. The van der Waals surface area contributed by atoms with Gasteiger partial charge >= 0.3 is 0 Å². The average molecular weight is 258 g/mol. The maximum absolute atomic E-state index is 10.9. The number of nitrogens with zero attached hydrogens (tertiary/aromatic N) is 1. The number of pyridine rings is 1. The lowest BCUT2D eigenvalue weighted by molar-refractivity contribution is 0.327. The number of nitrogens with one attached hydrogen (secondary N) is 1. The summed E-state index contributed by atoms with van der Waals surface area (Å²) in [6, 6.07) is 3.64. The fourth-order valence-electron chi connectivity index (χ4n) is 1.29. The lowest BCUT2D eigenvalue weighted by Crippen LogP contribution is -2.09. The van der Waals surface area contributed by atoms with E-state index in [2.05, 4.69) is 10.3 Å². The van der Waals surface area contributed by atoms with Crippen molar-refractivity contribution in [2.45, 2.75) is 13.3 Å². The average Bonchev–Trinajstić information content (AvgIpc) is 2.26. The molecular weight excluding hydrogens is 240 g/mol. The van der Waals surface area contributed by atoms with Crippen molar-refractivity contribution in [2.24, 2.45) is 0 Å². The highest BCUT2D eigenvalue weighted by molar-refractivity contribution is 7.90. The monoisotopic (exact) mass is 258 g/mol. The molecule has 1 N–H and O–H groups in total. The van der Waals surface area contributed by atoms with Gasteiger partial charge in [0.05, 0.1) is 24.2 Å². The van der Waals surface area contributed by atoms with Crippen molar-refractivity contribution in [3.63, 3.8) is 0 Å². The molecule has 0 saturated heterocycles. The third-order valence-corrected chi connectivity index (χ3v) is 3.08. The van der Waals surface area contributed by atoms with Crippen LogP contribution in [0.25, 0.3) is 0 Å². The second kappa shape index (κ2) is 6.44. The zero-order chi connectivity index (χ0) is 12.7. The summed E-state index contributed by atoms with van der Waals surface area (Å²) in [6.07, 6.45) is 3.50. The minimum atomic E-state index is -2.87. The van der Waals surface area contributed by atoms with Gasteiger partial charge in [0.25, 0.3) is 0 Å². The van der Waals surface area contributed by atoms with Crippen LogP contribution in [0.4, 0.5) is 5.69 Å². The topological polar surface area (TPSA) is 68.3 Å². The number of rotatable bonds is 7. The van der Waals surface area contributed by atoms with Crippen molar-refractivity contribution in [1.82, 2.24) is 4.98 Å². The van der Waals surface area contributed by atoms with E-state index in [1.165, 1.54) is 6.26 Å². The molecule has 0 aliphatic heterocycles. The molecule has 1 aromatic heterocycles. The summed E-state index contributed by atoms with van der Waals surface area (Å²) in [6.45, 7) is 3.11. The Bertz CT molecular complexity index is 429. The molecule has 0 radical (unpaired) electrons. The van der Waals surface area contributed by atoms with Crippen LogP contribution in [0.3, 0.4) is 0 Å². The van der Waals surface area contributed by atoms with E-state index in [1.807, 2.05) is 13.0 Å². The molecule has 17 heavy (non-hydrogen) atoms. The number of hydrogen-bond acceptors (Lipinski definition) is 5. The molecule has 0 unspecified atom stereocenters. The van der Waals surface area contributed by atoms with Crippen molar-refractivity contribution >= 4 is 15.5 Å². The van der Waals surface area contributed by atoms with E-state index in [-0.39, 0.29) is 5.75 Å². The zero-order valence-electron chi connectivity index (χ0n) is 10.1. The molecule has 1 aromatic rings. The largest absolute Gasteiger partial charge is 0.478 e. The number of hydrogen-bond donors (Lipinski definition) is 1. The van der Waals surface area contributed by atoms with Gasteiger partial charge in [0, 0.05) is 18.9 Å². The van der Waals surface area contributed by atoms with Crippen LogP contribution in [0, 0.1) is 0 Å². The minimum Gasteiger partial charge on any atom is -0.478 e. The molecule has 1 heterocycles. The Morgan fingerprint density at radius 3 is 2.71 bits per heavy atom. The van der Waals surface area contributed by atoms with Crippen molar-refractivity contribution in [1.29, 1.82) is 0 Å². The van der Waals surface area contributed by atoms with Crippen LogP contribution in [0.1, 0.15) is 13.3 Å². The maximum Gasteiger partial charge on any atom is 0.213 e. The van der Waals surface area contributed by atoms with E-state index < -0.39 is 9.84 Å². The lowest BCUT2D eigenvalue weighted by Gasteiger charge is -2.06. The molecule has 0 amide bonds. The first-order chi connectivity index (χ1) is 8.01. The smallest absolute Gasteiger partial charge is 0.213 e. The molecule has 0 fully saturated rings. The highest BCUT2D eigenvalue weighted by Crippen LogP contribution is 2.11. The molecule has 0 aliphatic carbocycles. The van der Waals surface area contributed by atoms with Gasteiger partial charge in [-0.1, -0.05) is 0 Å². The summed E-state index contributed by atoms with van der Waals surface area (Å²) in [7, 11) is -2.87. The van der Waals surface area contributed by atoms with Crippen LogP contribution in [0.2, 0.25) is 0 Å². The van der Waals surface area contributed by atoms with Crippen LogP contribution < -0.4 is 10.1 Å². The van der Waals surface area contributed by atoms with E-state index in [0.29, 0.717) is 25.5 Å². The van der Waals surface area contributed by atoms with E-state index in [4.69, 9.17) is 4.74 Å². The highest BCUT2D eigenvalue weighted by Gasteiger charge is 2.01. The van der Waals surface area contributed by atoms with Gasteiger partial charge in [-0.2, -0.15) is 0 Å². The first-order valence-electron chi connectivity index (χ1n) is 5.51. The number of sulfone groups is 1. The first-order valence-corrected chi connectivity index (χ1v) is 7.58. The van der Waals surface area contributed by atoms with E-state index in [9.17, 15) is 8.42 Å². The minimum absolute atomic E-state index is 0.199. The van der Waals surface area contributed by atoms with Crippen LogP contribution in [0.5, 0.6) is 5.88 Å². The summed E-state index contributed by atoms with van der Waals surface area (Å²) in [4.78, 5) is 4.09. The van der Waals surface area contributed by atoms with Gasteiger partial charge in [0.2, 0.25) is 5.88 Å². The van der Waals surface area contributed by atoms with Crippen LogP contribution in [-0.4, -0.2) is 38.6 Å². The summed E-state index contributed by atoms with van der Waals surface area (Å²) in [5.74, 6) is 0.791. The molecule has 5 nitrogen and oxygen atoms in total. The van der Waals surface area contributed by atoms with Crippen molar-refractivity contribution in [2.75, 3.05) is 30.5 Å². The molecule has 6 heteroatoms. The van der Waals surface area contributed by atoms with Crippen LogP contribution in [0.15, 0.2) is 18.3 Å². The van der Waals surface area contributed by atoms with Gasteiger partial charge in [0.15, 0.2) is 0 Å². The van der Waals surface area contributed by atoms with E-state index in [0.717, 1.165) is 5.69 Å². The Morgan fingerprint density at radius 2 is 2.18 bits per heavy atom. The fourth-order valence-corrected chi connectivity index (χ4v) is 1.95. The first kappa shape index (κ1) is 13.8. The van der Waals surface area contributed by atoms with Gasteiger partial charge in [-0.05, 0) is 19.4 Å². The van der Waals surface area contributed by atoms with Crippen molar-refractivity contribution in [3.05, 3.63) is 18.3 Å². The fraction of sp³-hybridized carbons (Fsp3) is 0.545. The van der Waals surface area contributed by atoms with Gasteiger partial charge in [-0.25, -0.2) is 13.4 Å². The Morgan fingerprint density at radius 1 is 1.41 bits per heavy atom. The Balaban J connectivity index is 2.32. The van der Waals surface area contributed by atoms with Crippen LogP contribution in [-0.2, 0) is 9.84 Å². The number of aromatic nitrogens is 1. The molecule has 1 rings (SSSR count). The van der Waals surface area contributed by atoms with Gasteiger partial charge < -0.3 is 10.1 Å². The summed E-state index contributed by atoms with van der Waals surface area (Å²) in [5.41, 5.74) is 0.863. The summed E-state index contributed by atoms with van der Waals surface area (Å²) in [5, 5.41) is 3.10. The Labute approximate surface area is 102 Å². The van der Waals surface area contributed by atoms with Crippen LogP contribution >= 0.6 is 0 Å². The highest BCUT2D eigenvalue weighted by atomic mass is 32.2. The molecule has 0 spiro atoms. The summed E-state index contributed by atoms with van der Waals surface area (Å²) < 4.78 is 27.0. The quantitative estimate of drug-likeness (QED) is 0.747. The Hall–Kier alpha value is -1.30. The predicted octanol–water partition coefficient (Wildman–Crippen LogP) is 1.33. The second-order valence-corrected chi connectivity index (χ2v) is 5.99. The normalized spacial score (nSPS) is 11.2. The number of ether oxygens (including phenoxy) is 1. The van der Waals surface area contributed by atoms with E-state index in [1.54, 1.807) is 12.3 Å². The van der Waals surface area contributed by atoms with Crippen molar-refractivity contribution < 1.29 is 13.2 Å². The lowest BCUT2D eigenvalue weighted by atomic mass is 10.4. The molecule has 96 valence electrons.